The van der Waals surface area contributed by atoms with Gasteiger partial charge < -0.3 is 24.8 Å². The zero-order valence-corrected chi connectivity index (χ0v) is 20.3. The highest BCUT2D eigenvalue weighted by molar-refractivity contribution is 9.10. The Bertz CT molecular complexity index is 1200. The molecule has 0 saturated carbocycles. The van der Waals surface area contributed by atoms with E-state index in [-0.39, 0.29) is 48.8 Å². The fourth-order valence-corrected chi connectivity index (χ4v) is 4.06. The van der Waals surface area contributed by atoms with E-state index in [2.05, 4.69) is 26.3 Å². The predicted molar refractivity (Wildman–Crippen MR) is 128 cm³/mol. The number of nitrogens with one attached hydrogen (secondary N) is 1. The summed E-state index contributed by atoms with van der Waals surface area (Å²) < 4.78 is 12.0. The predicted octanol–water partition coefficient (Wildman–Crippen LogP) is 2.41. The first-order valence-corrected chi connectivity index (χ1v) is 11.9. The Balaban J connectivity index is 1.19. The van der Waals surface area contributed by atoms with Crippen LogP contribution in [-0.2, 0) is 20.9 Å². The van der Waals surface area contributed by atoms with Gasteiger partial charge in [0, 0.05) is 41.3 Å². The number of hydrogen-bond donors (Lipinski definition) is 1. The maximum absolute atomic E-state index is 12.5. The molecule has 1 amide bonds. The number of hydrogen-bond acceptors (Lipinski definition) is 8. The molecule has 3 aromatic rings. The van der Waals surface area contributed by atoms with Crippen molar-refractivity contribution in [2.45, 2.75) is 32.0 Å². The van der Waals surface area contributed by atoms with Crippen LogP contribution in [0, 0.1) is 10.4 Å². The average molecular weight is 546 g/mol. The highest BCUT2D eigenvalue weighted by Gasteiger charge is 2.26. The summed E-state index contributed by atoms with van der Waals surface area (Å²) in [6.07, 6.45) is 0.319. The molecule has 2 heterocycles. The summed E-state index contributed by atoms with van der Waals surface area (Å²) in [5, 5.41) is 31.0. The van der Waals surface area contributed by atoms with Crippen molar-refractivity contribution in [2.75, 3.05) is 25.0 Å². The number of halogens is 1. The molecule has 0 unspecified atom stereocenters. The number of fused-ring (bicyclic) bond motifs is 1. The molecule has 1 N–H and O–H groups in total. The molecule has 0 aliphatic carbocycles. The van der Waals surface area contributed by atoms with Gasteiger partial charge in [0.25, 0.3) is 0 Å². The van der Waals surface area contributed by atoms with Crippen LogP contribution in [0.3, 0.4) is 0 Å². The lowest BCUT2D eigenvalue weighted by molar-refractivity contribution is -0.672. The van der Waals surface area contributed by atoms with E-state index in [1.807, 2.05) is 30.3 Å². The van der Waals surface area contributed by atoms with Crippen LogP contribution in [0.25, 0.3) is 11.0 Å². The molecule has 1 fully saturated rings. The van der Waals surface area contributed by atoms with Crippen molar-refractivity contribution in [1.29, 1.82) is 0 Å². The zero-order valence-electron chi connectivity index (χ0n) is 18.8. The maximum Gasteiger partial charge on any atom is 0.460 e. The summed E-state index contributed by atoms with van der Waals surface area (Å²) in [6, 6.07) is 14.1. The topological polar surface area (TPSA) is 135 Å². The fourth-order valence-electron chi connectivity index (χ4n) is 3.71. The van der Waals surface area contributed by atoms with Crippen LogP contribution in [0.4, 0.5) is 10.7 Å². The Hall–Kier alpha value is -3.67. The Morgan fingerprint density at radius 2 is 1.86 bits per heavy atom. The third-order valence-corrected chi connectivity index (χ3v) is 6.05. The minimum Gasteiger partial charge on any atom is -0.739 e. The number of rotatable bonds is 7. The molecular weight excluding hydrogens is 522 g/mol. The van der Waals surface area contributed by atoms with Gasteiger partial charge in [-0.2, -0.15) is 0 Å². The Morgan fingerprint density at radius 3 is 2.60 bits per heavy atom. The van der Waals surface area contributed by atoms with Crippen LogP contribution in [-0.4, -0.2) is 47.8 Å². The summed E-state index contributed by atoms with van der Waals surface area (Å²) >= 11 is 3.25. The summed E-state index contributed by atoms with van der Waals surface area (Å²) in [4.78, 5) is 26.4. The van der Waals surface area contributed by atoms with E-state index >= 15 is 0 Å². The summed E-state index contributed by atoms with van der Waals surface area (Å²) in [5.74, 6) is -0.648. The molecule has 184 valence electrons. The molecule has 1 saturated heterocycles. The first kappa shape index (κ1) is 24.5. The van der Waals surface area contributed by atoms with Crippen molar-refractivity contribution < 1.29 is 28.6 Å². The van der Waals surface area contributed by atoms with Crippen molar-refractivity contribution in [3.05, 3.63) is 69.0 Å². The molecule has 0 spiro atoms. The normalized spacial score (nSPS) is 14.0. The van der Waals surface area contributed by atoms with E-state index in [1.54, 1.807) is 11.0 Å². The minimum absolute atomic E-state index is 0.0156. The van der Waals surface area contributed by atoms with Crippen LogP contribution < -0.4 is 14.9 Å². The lowest BCUT2D eigenvalue weighted by atomic mass is 10.1. The van der Waals surface area contributed by atoms with E-state index in [9.17, 15) is 20.0 Å². The van der Waals surface area contributed by atoms with Crippen molar-refractivity contribution in [3.63, 3.8) is 0 Å². The average Bonchev–Trinajstić information content (AvgIpc) is 2.86. The molecule has 12 heteroatoms. The quantitative estimate of drug-likeness (QED) is 0.271. The van der Waals surface area contributed by atoms with Gasteiger partial charge in [-0.1, -0.05) is 46.3 Å². The van der Waals surface area contributed by atoms with Crippen LogP contribution in [0.1, 0.15) is 24.8 Å². The standard InChI is InChI=1S/C23H24BrN5O6/c24-17-6-7-19-20(14-17)29(33)26-22(28(19)32)25-11-8-21(30)35-18-9-12-27(13-10-18)23(31)34-15-16-4-2-1-3-5-16/h1-7,14,18H,8-13,15H2,(H,25,26). The van der Waals surface area contributed by atoms with Crippen LogP contribution in [0.2, 0.25) is 0 Å². The number of esters is 1. The van der Waals surface area contributed by atoms with E-state index in [0.29, 0.717) is 40.0 Å². The van der Waals surface area contributed by atoms with Gasteiger partial charge in [0.2, 0.25) is 5.10 Å². The molecule has 11 nitrogen and oxygen atoms in total. The number of benzene rings is 2. The molecule has 2 aromatic carbocycles. The Morgan fingerprint density at radius 1 is 1.11 bits per heavy atom. The third kappa shape index (κ3) is 6.27. The number of piperidine rings is 1. The maximum atomic E-state index is 12.5. The number of likely N-dealkylation sites (tertiary alicyclic amines) is 1. The van der Waals surface area contributed by atoms with E-state index in [0.717, 1.165) is 5.56 Å². The van der Waals surface area contributed by atoms with Crippen LogP contribution in [0.5, 0.6) is 0 Å². The first-order valence-electron chi connectivity index (χ1n) is 11.1. The number of aromatic nitrogens is 3. The lowest BCUT2D eigenvalue weighted by Gasteiger charge is -2.31. The van der Waals surface area contributed by atoms with Crippen molar-refractivity contribution >= 4 is 45.0 Å². The van der Waals surface area contributed by atoms with Crippen molar-refractivity contribution in [1.82, 2.24) is 10.00 Å². The minimum atomic E-state index is -0.445. The highest BCUT2D eigenvalue weighted by Crippen LogP contribution is 2.17. The molecule has 4 rings (SSSR count). The zero-order chi connectivity index (χ0) is 24.8. The smallest absolute Gasteiger partial charge is 0.460 e. The van der Waals surface area contributed by atoms with Gasteiger partial charge in [-0.15, -0.1) is 0 Å². The van der Waals surface area contributed by atoms with Gasteiger partial charge in [-0.25, -0.2) is 9.52 Å². The molecule has 1 aliphatic rings. The number of nitrogens with zero attached hydrogens (tertiary/aromatic N) is 4. The second kappa shape index (κ2) is 11.2. The van der Waals surface area contributed by atoms with Gasteiger partial charge >= 0.3 is 23.5 Å². The molecule has 0 bridgehead atoms. The van der Waals surface area contributed by atoms with Gasteiger partial charge in [-0.3, -0.25) is 10.1 Å². The summed E-state index contributed by atoms with van der Waals surface area (Å²) in [6.45, 7) is 1.14. The van der Waals surface area contributed by atoms with Crippen molar-refractivity contribution in [3.8, 4) is 0 Å². The van der Waals surface area contributed by atoms with Gasteiger partial charge in [0.15, 0.2) is 5.52 Å². The van der Waals surface area contributed by atoms with Crippen LogP contribution in [0.15, 0.2) is 53.0 Å². The summed E-state index contributed by atoms with van der Waals surface area (Å²) in [5.41, 5.74) is 1.18. The largest absolute Gasteiger partial charge is 0.739 e. The number of carbonyl (C=O) groups excluding carboxylic acids is 2. The number of amides is 1. The number of anilines is 1. The SMILES string of the molecule is O=C(CCNc1n[n+]([O-])c2cc(Br)ccc2[n+]1[O-])OC1CCN(C(=O)OCc2ccccc2)CC1. The Kier molecular flexibility index (Phi) is 7.80. The van der Waals surface area contributed by atoms with E-state index in [1.165, 1.54) is 12.1 Å². The number of ether oxygens (including phenoxy) is 2. The lowest BCUT2D eigenvalue weighted by Crippen LogP contribution is -2.44. The molecule has 0 atom stereocenters. The second-order valence-corrected chi connectivity index (χ2v) is 8.93. The van der Waals surface area contributed by atoms with Crippen LogP contribution >= 0.6 is 15.9 Å². The van der Waals surface area contributed by atoms with Gasteiger partial charge in [-0.05, 0) is 17.7 Å². The van der Waals surface area contributed by atoms with Crippen molar-refractivity contribution in [2.24, 2.45) is 0 Å². The molecular formula is C23H24BrN5O6. The molecule has 35 heavy (non-hydrogen) atoms. The number of carbonyl (C=O) groups is 2. The Labute approximate surface area is 209 Å². The first-order chi connectivity index (χ1) is 16.9. The van der Waals surface area contributed by atoms with E-state index in [4.69, 9.17) is 9.47 Å². The fraction of sp³-hybridized carbons (Fsp3) is 0.348. The van der Waals surface area contributed by atoms with E-state index < -0.39 is 5.97 Å². The van der Waals surface area contributed by atoms with Gasteiger partial charge in [0.1, 0.15) is 12.7 Å². The highest BCUT2D eigenvalue weighted by atomic mass is 79.9. The molecule has 1 aromatic heterocycles. The van der Waals surface area contributed by atoms with Gasteiger partial charge in [0.05, 0.1) is 13.0 Å². The second-order valence-electron chi connectivity index (χ2n) is 8.02. The monoisotopic (exact) mass is 545 g/mol. The third-order valence-electron chi connectivity index (χ3n) is 5.56. The molecule has 0 radical (unpaired) electrons. The summed E-state index contributed by atoms with van der Waals surface area (Å²) in [7, 11) is 0. The molecule has 1 aliphatic heterocycles.